The number of nitrogens with zero attached hydrogens (tertiary/aromatic N) is 4. The zero-order valence-electron chi connectivity index (χ0n) is 31.4. The van der Waals surface area contributed by atoms with Crippen LogP contribution in [0, 0.1) is 0 Å². The predicted molar refractivity (Wildman–Crippen MR) is 240 cm³/mol. The Kier molecular flexibility index (Phi) is 8.11. The molecule has 0 fully saturated rings. The van der Waals surface area contributed by atoms with Crippen LogP contribution < -0.4 is 0 Å². The average Bonchev–Trinajstić information content (AvgIpc) is 3.31. The van der Waals surface area contributed by atoms with Crippen molar-refractivity contribution in [3.05, 3.63) is 206 Å². The molecular formula is C54H34N4. The van der Waals surface area contributed by atoms with Crippen LogP contribution in [-0.4, -0.2) is 19.9 Å². The van der Waals surface area contributed by atoms with Crippen LogP contribution in [0.3, 0.4) is 0 Å². The Bertz CT molecular complexity index is 3340. The van der Waals surface area contributed by atoms with Crippen LogP contribution in [0.4, 0.5) is 0 Å². The summed E-state index contributed by atoms with van der Waals surface area (Å²) in [4.78, 5) is 20.3. The number of rotatable bonds is 6. The minimum Gasteiger partial charge on any atom is -0.255 e. The molecule has 0 radical (unpaired) electrons. The van der Waals surface area contributed by atoms with Crippen molar-refractivity contribution in [3.63, 3.8) is 0 Å². The maximum Gasteiger partial charge on any atom is 0.160 e. The third-order valence-electron chi connectivity index (χ3n) is 11.1. The summed E-state index contributed by atoms with van der Waals surface area (Å²) >= 11 is 0. The number of para-hydroxylation sites is 1. The molecule has 0 saturated heterocycles. The lowest BCUT2D eigenvalue weighted by molar-refractivity contribution is 1.16. The summed E-state index contributed by atoms with van der Waals surface area (Å²) in [5.74, 6) is 0.650. The van der Waals surface area contributed by atoms with Gasteiger partial charge < -0.3 is 0 Å². The highest BCUT2D eigenvalue weighted by Gasteiger charge is 2.18. The Morgan fingerprint density at radius 1 is 0.276 bits per heavy atom. The van der Waals surface area contributed by atoms with E-state index in [0.717, 1.165) is 72.6 Å². The van der Waals surface area contributed by atoms with Gasteiger partial charge >= 0.3 is 0 Å². The first kappa shape index (κ1) is 33.5. The van der Waals surface area contributed by atoms with Gasteiger partial charge in [0.05, 0.1) is 28.3 Å². The lowest BCUT2D eigenvalue weighted by Gasteiger charge is -2.16. The van der Waals surface area contributed by atoms with Crippen molar-refractivity contribution in [1.29, 1.82) is 0 Å². The van der Waals surface area contributed by atoms with Gasteiger partial charge in [0, 0.05) is 39.0 Å². The maximum atomic E-state index is 5.41. The number of benzene rings is 8. The van der Waals surface area contributed by atoms with Gasteiger partial charge in [-0.1, -0.05) is 158 Å². The SMILES string of the molecule is c1ccc(-c2cccc(-c3nc(-c4cccc(-c5cccc(-c6nc7ccccc7c7c8ccccc8c8ccccc8c67)c5)c4)cc(-c4ccccn4)n3)c2)cc1. The molecule has 3 heterocycles. The van der Waals surface area contributed by atoms with E-state index < -0.39 is 0 Å². The third-order valence-corrected chi connectivity index (χ3v) is 11.1. The molecule has 270 valence electrons. The summed E-state index contributed by atoms with van der Waals surface area (Å²) in [6, 6.07) is 70.2. The molecule has 11 rings (SSSR count). The van der Waals surface area contributed by atoms with Gasteiger partial charge in [-0.3, -0.25) is 4.98 Å². The molecule has 0 aliphatic rings. The van der Waals surface area contributed by atoms with E-state index in [-0.39, 0.29) is 0 Å². The smallest absolute Gasteiger partial charge is 0.160 e. The molecule has 0 unspecified atom stereocenters. The molecule has 0 bridgehead atoms. The molecule has 8 aromatic carbocycles. The molecule has 0 spiro atoms. The lowest BCUT2D eigenvalue weighted by Crippen LogP contribution is -1.97. The number of pyridine rings is 2. The highest BCUT2D eigenvalue weighted by molar-refractivity contribution is 6.33. The van der Waals surface area contributed by atoms with Gasteiger partial charge in [0.25, 0.3) is 0 Å². The topological polar surface area (TPSA) is 51.6 Å². The van der Waals surface area contributed by atoms with Crippen LogP contribution >= 0.6 is 0 Å². The van der Waals surface area contributed by atoms with Crippen molar-refractivity contribution in [2.24, 2.45) is 0 Å². The fraction of sp³-hybridized carbons (Fsp3) is 0. The Morgan fingerprint density at radius 2 is 0.793 bits per heavy atom. The number of hydrogen-bond donors (Lipinski definition) is 0. The summed E-state index contributed by atoms with van der Waals surface area (Å²) < 4.78 is 0. The van der Waals surface area contributed by atoms with E-state index in [9.17, 15) is 0 Å². The summed E-state index contributed by atoms with van der Waals surface area (Å²) in [5.41, 5.74) is 11.8. The molecule has 58 heavy (non-hydrogen) atoms. The fourth-order valence-corrected chi connectivity index (χ4v) is 8.38. The standard InChI is InChI=1S/C54H34N4/c1-2-15-35(16-3-1)36-17-14-22-41(33-36)54-57-49(34-50(58-54)48-29-10-11-30-55-48)39-20-12-18-37(31-39)38-19-13-21-40(32-38)53-52-45-26-7-5-24-43(45)42-23-4-6-25-44(42)51(52)46-27-8-9-28-47(46)56-53/h1-34H. The molecular weight excluding hydrogens is 705 g/mol. The van der Waals surface area contributed by atoms with Crippen molar-refractivity contribution < 1.29 is 0 Å². The average molecular weight is 739 g/mol. The number of fused-ring (bicyclic) bond motifs is 8. The van der Waals surface area contributed by atoms with Crippen LogP contribution in [0.25, 0.3) is 111 Å². The first-order valence-electron chi connectivity index (χ1n) is 19.5. The van der Waals surface area contributed by atoms with E-state index in [1.807, 2.05) is 30.3 Å². The van der Waals surface area contributed by atoms with E-state index in [1.165, 1.54) is 32.3 Å². The largest absolute Gasteiger partial charge is 0.255 e. The fourth-order valence-electron chi connectivity index (χ4n) is 8.38. The van der Waals surface area contributed by atoms with Crippen LogP contribution in [0.15, 0.2) is 206 Å². The predicted octanol–water partition coefficient (Wildman–Crippen LogP) is 13.9. The first-order valence-corrected chi connectivity index (χ1v) is 19.5. The lowest BCUT2D eigenvalue weighted by atomic mass is 9.89. The van der Waals surface area contributed by atoms with Crippen molar-refractivity contribution in [1.82, 2.24) is 19.9 Å². The number of aromatic nitrogens is 4. The van der Waals surface area contributed by atoms with Crippen molar-refractivity contribution >= 4 is 43.2 Å². The second-order valence-corrected chi connectivity index (χ2v) is 14.6. The molecule has 11 aromatic rings. The normalized spacial score (nSPS) is 11.4. The van der Waals surface area contributed by atoms with Crippen LogP contribution in [0.1, 0.15) is 0 Å². The molecule has 4 nitrogen and oxygen atoms in total. The zero-order chi connectivity index (χ0) is 38.4. The highest BCUT2D eigenvalue weighted by Crippen LogP contribution is 2.43. The van der Waals surface area contributed by atoms with E-state index in [2.05, 4.69) is 175 Å². The van der Waals surface area contributed by atoms with Gasteiger partial charge in [0.1, 0.15) is 0 Å². The van der Waals surface area contributed by atoms with Gasteiger partial charge in [0.15, 0.2) is 5.82 Å². The Morgan fingerprint density at radius 3 is 1.52 bits per heavy atom. The zero-order valence-corrected chi connectivity index (χ0v) is 31.4. The summed E-state index contributed by atoms with van der Waals surface area (Å²) in [6.07, 6.45) is 1.80. The summed E-state index contributed by atoms with van der Waals surface area (Å²) in [7, 11) is 0. The minimum absolute atomic E-state index is 0.650. The quantitative estimate of drug-likeness (QED) is 0.159. The van der Waals surface area contributed by atoms with Crippen LogP contribution in [0.2, 0.25) is 0 Å². The van der Waals surface area contributed by atoms with Crippen molar-refractivity contribution in [3.8, 4) is 67.5 Å². The molecule has 3 aromatic heterocycles. The minimum atomic E-state index is 0.650. The van der Waals surface area contributed by atoms with Gasteiger partial charge in [-0.05, 0) is 86.3 Å². The summed E-state index contributed by atoms with van der Waals surface area (Å²) in [6.45, 7) is 0. The third kappa shape index (κ3) is 5.87. The second kappa shape index (κ2) is 14.0. The molecule has 4 heteroatoms. The Hall–Kier alpha value is -7.82. The molecule has 0 N–H and O–H groups in total. The van der Waals surface area contributed by atoms with E-state index in [1.54, 1.807) is 6.20 Å². The molecule has 0 saturated carbocycles. The van der Waals surface area contributed by atoms with E-state index in [0.29, 0.717) is 5.82 Å². The van der Waals surface area contributed by atoms with Crippen molar-refractivity contribution in [2.75, 3.05) is 0 Å². The monoisotopic (exact) mass is 738 g/mol. The van der Waals surface area contributed by atoms with E-state index >= 15 is 0 Å². The highest BCUT2D eigenvalue weighted by atomic mass is 14.9. The van der Waals surface area contributed by atoms with Gasteiger partial charge in [0.2, 0.25) is 0 Å². The van der Waals surface area contributed by atoms with Gasteiger partial charge in [-0.2, -0.15) is 0 Å². The number of hydrogen-bond acceptors (Lipinski definition) is 4. The van der Waals surface area contributed by atoms with Crippen LogP contribution in [-0.2, 0) is 0 Å². The molecule has 0 atom stereocenters. The molecule has 0 aliphatic heterocycles. The van der Waals surface area contributed by atoms with Gasteiger partial charge in [-0.15, -0.1) is 0 Å². The first-order chi connectivity index (χ1) is 28.7. The molecule has 0 aliphatic carbocycles. The summed E-state index contributed by atoms with van der Waals surface area (Å²) in [5, 5.41) is 8.49. The Balaban J connectivity index is 1.06. The van der Waals surface area contributed by atoms with Crippen LogP contribution in [0.5, 0.6) is 0 Å². The maximum absolute atomic E-state index is 5.41. The molecule has 0 amide bonds. The second-order valence-electron chi connectivity index (χ2n) is 14.6. The van der Waals surface area contributed by atoms with Crippen molar-refractivity contribution in [2.45, 2.75) is 0 Å². The van der Waals surface area contributed by atoms with E-state index in [4.69, 9.17) is 15.0 Å². The Labute approximate surface area is 335 Å². The van der Waals surface area contributed by atoms with Gasteiger partial charge in [-0.25, -0.2) is 15.0 Å².